The highest BCUT2D eigenvalue weighted by Gasteiger charge is 2.21. The minimum absolute atomic E-state index is 0.164. The Kier molecular flexibility index (Phi) is 4.27. The Morgan fingerprint density at radius 2 is 2.09 bits per heavy atom. The molecule has 1 aromatic heterocycles. The van der Waals surface area contributed by atoms with E-state index in [0.717, 1.165) is 37.4 Å². The van der Waals surface area contributed by atoms with Crippen LogP contribution >= 0.6 is 0 Å². The number of carbonyl (C=O) groups excluding carboxylic acids is 1. The molecule has 0 N–H and O–H groups in total. The van der Waals surface area contributed by atoms with Gasteiger partial charge in [-0.1, -0.05) is 19.1 Å². The highest BCUT2D eigenvalue weighted by molar-refractivity contribution is 5.94. The van der Waals surface area contributed by atoms with Gasteiger partial charge in [-0.05, 0) is 43.4 Å². The van der Waals surface area contributed by atoms with E-state index in [2.05, 4.69) is 16.5 Å². The van der Waals surface area contributed by atoms with Crippen molar-refractivity contribution in [1.29, 1.82) is 0 Å². The Morgan fingerprint density at radius 3 is 2.73 bits per heavy atom. The Hall–Kier alpha value is -2.10. The van der Waals surface area contributed by atoms with Gasteiger partial charge in [0.05, 0.1) is 0 Å². The van der Waals surface area contributed by atoms with Crippen LogP contribution in [0.2, 0.25) is 0 Å². The Labute approximate surface area is 131 Å². The SMILES string of the molecule is Cc1nccn1Cc1ccc(C(=O)N2CCC[C@H](C)C2)cc1. The molecular weight excluding hydrogens is 274 g/mol. The highest BCUT2D eigenvalue weighted by Crippen LogP contribution is 2.18. The first-order valence-electron chi connectivity index (χ1n) is 7.99. The minimum Gasteiger partial charge on any atom is -0.338 e. The molecule has 4 heteroatoms. The monoisotopic (exact) mass is 297 g/mol. The summed E-state index contributed by atoms with van der Waals surface area (Å²) in [5, 5.41) is 0. The lowest BCUT2D eigenvalue weighted by atomic mass is 9.99. The number of hydrogen-bond acceptors (Lipinski definition) is 2. The zero-order valence-electron chi connectivity index (χ0n) is 13.3. The third-order valence-electron chi connectivity index (χ3n) is 4.42. The van der Waals surface area contributed by atoms with Crippen molar-refractivity contribution in [2.45, 2.75) is 33.2 Å². The Bertz CT molecular complexity index is 645. The Balaban J connectivity index is 1.68. The fourth-order valence-corrected chi connectivity index (χ4v) is 3.08. The highest BCUT2D eigenvalue weighted by atomic mass is 16.2. The van der Waals surface area contributed by atoms with Gasteiger partial charge in [0.15, 0.2) is 0 Å². The molecule has 4 nitrogen and oxygen atoms in total. The predicted molar refractivity (Wildman–Crippen MR) is 86.8 cm³/mol. The van der Waals surface area contributed by atoms with Gasteiger partial charge in [0, 0.05) is 37.6 Å². The van der Waals surface area contributed by atoms with Gasteiger partial charge < -0.3 is 9.47 Å². The predicted octanol–water partition coefficient (Wildman–Crippen LogP) is 3.11. The molecule has 116 valence electrons. The van der Waals surface area contributed by atoms with Gasteiger partial charge in [0.1, 0.15) is 5.82 Å². The van der Waals surface area contributed by atoms with Crippen molar-refractivity contribution in [3.05, 3.63) is 53.6 Å². The van der Waals surface area contributed by atoms with E-state index >= 15 is 0 Å². The van der Waals surface area contributed by atoms with Crippen LogP contribution in [-0.2, 0) is 6.54 Å². The van der Waals surface area contributed by atoms with E-state index in [1.54, 1.807) is 0 Å². The van der Waals surface area contributed by atoms with Crippen LogP contribution < -0.4 is 0 Å². The smallest absolute Gasteiger partial charge is 0.253 e. The summed E-state index contributed by atoms with van der Waals surface area (Å²) >= 11 is 0. The molecule has 0 unspecified atom stereocenters. The van der Waals surface area contributed by atoms with Gasteiger partial charge >= 0.3 is 0 Å². The summed E-state index contributed by atoms with van der Waals surface area (Å²) in [6.07, 6.45) is 6.13. The van der Waals surface area contributed by atoms with Crippen LogP contribution in [0.15, 0.2) is 36.7 Å². The molecule has 1 aromatic carbocycles. The van der Waals surface area contributed by atoms with Crippen molar-refractivity contribution in [3.8, 4) is 0 Å². The van der Waals surface area contributed by atoms with Gasteiger partial charge in [-0.15, -0.1) is 0 Å². The van der Waals surface area contributed by atoms with Crippen molar-refractivity contribution < 1.29 is 4.79 Å². The summed E-state index contributed by atoms with van der Waals surface area (Å²) in [7, 11) is 0. The zero-order chi connectivity index (χ0) is 15.5. The molecule has 0 bridgehead atoms. The van der Waals surface area contributed by atoms with Crippen molar-refractivity contribution >= 4 is 5.91 Å². The van der Waals surface area contributed by atoms with Crippen molar-refractivity contribution in [2.75, 3.05) is 13.1 Å². The van der Waals surface area contributed by atoms with Crippen LogP contribution in [-0.4, -0.2) is 33.4 Å². The summed E-state index contributed by atoms with van der Waals surface area (Å²) in [6.45, 7) is 6.78. The average Bonchev–Trinajstić information content (AvgIpc) is 2.92. The topological polar surface area (TPSA) is 38.1 Å². The Morgan fingerprint density at radius 1 is 1.32 bits per heavy atom. The molecule has 1 saturated heterocycles. The number of aromatic nitrogens is 2. The number of imidazole rings is 1. The average molecular weight is 297 g/mol. The first-order valence-corrected chi connectivity index (χ1v) is 7.99. The normalized spacial score (nSPS) is 18.5. The van der Waals surface area contributed by atoms with E-state index in [-0.39, 0.29) is 5.91 Å². The summed E-state index contributed by atoms with van der Waals surface area (Å²) in [4.78, 5) is 18.8. The van der Waals surface area contributed by atoms with Gasteiger partial charge in [0.2, 0.25) is 0 Å². The standard InChI is InChI=1S/C18H23N3O/c1-14-4-3-10-21(12-14)18(22)17-7-5-16(6-8-17)13-20-11-9-19-15(20)2/h5-9,11,14H,3-4,10,12-13H2,1-2H3/t14-/m0/s1. The maximum absolute atomic E-state index is 12.5. The van der Waals surface area contributed by atoms with Gasteiger partial charge in [-0.3, -0.25) is 4.79 Å². The molecule has 0 aliphatic carbocycles. The van der Waals surface area contributed by atoms with Crippen molar-refractivity contribution in [2.24, 2.45) is 5.92 Å². The molecule has 0 saturated carbocycles. The van der Waals surface area contributed by atoms with Crippen LogP contribution in [0.1, 0.15) is 41.5 Å². The molecule has 2 heterocycles. The van der Waals surface area contributed by atoms with E-state index < -0.39 is 0 Å². The lowest BCUT2D eigenvalue weighted by Gasteiger charge is -2.31. The summed E-state index contributed by atoms with van der Waals surface area (Å²) in [5.74, 6) is 1.78. The van der Waals surface area contributed by atoms with E-state index in [9.17, 15) is 4.79 Å². The first-order chi connectivity index (χ1) is 10.6. The molecule has 0 spiro atoms. The lowest BCUT2D eigenvalue weighted by Crippen LogP contribution is -2.39. The zero-order valence-corrected chi connectivity index (χ0v) is 13.3. The number of likely N-dealkylation sites (tertiary alicyclic amines) is 1. The molecule has 22 heavy (non-hydrogen) atoms. The third-order valence-corrected chi connectivity index (χ3v) is 4.42. The van der Waals surface area contributed by atoms with Crippen molar-refractivity contribution in [3.63, 3.8) is 0 Å². The van der Waals surface area contributed by atoms with Crippen LogP contribution in [0.5, 0.6) is 0 Å². The van der Waals surface area contributed by atoms with E-state index in [0.29, 0.717) is 5.92 Å². The number of aryl methyl sites for hydroxylation is 1. The summed E-state index contributed by atoms with van der Waals surface area (Å²) in [5.41, 5.74) is 1.98. The molecule has 1 amide bonds. The number of carbonyl (C=O) groups is 1. The maximum atomic E-state index is 12.5. The quantitative estimate of drug-likeness (QED) is 0.873. The van der Waals surface area contributed by atoms with Gasteiger partial charge in [-0.25, -0.2) is 4.98 Å². The van der Waals surface area contributed by atoms with E-state index in [1.165, 1.54) is 12.0 Å². The minimum atomic E-state index is 0.164. The second-order valence-electron chi connectivity index (χ2n) is 6.30. The molecule has 1 fully saturated rings. The van der Waals surface area contributed by atoms with Crippen molar-refractivity contribution in [1.82, 2.24) is 14.5 Å². The fraction of sp³-hybridized carbons (Fsp3) is 0.444. The van der Waals surface area contributed by atoms with Gasteiger partial charge in [-0.2, -0.15) is 0 Å². The second kappa shape index (κ2) is 6.34. The van der Waals surface area contributed by atoms with Crippen LogP contribution in [0, 0.1) is 12.8 Å². The molecule has 1 atom stereocenters. The number of benzene rings is 1. The molecule has 3 rings (SSSR count). The molecule has 1 aliphatic rings. The molecule has 2 aromatic rings. The number of amides is 1. The van der Waals surface area contributed by atoms with E-state index in [1.807, 2.05) is 48.5 Å². The molecule has 1 aliphatic heterocycles. The van der Waals surface area contributed by atoms with E-state index in [4.69, 9.17) is 0 Å². The maximum Gasteiger partial charge on any atom is 0.253 e. The summed E-state index contributed by atoms with van der Waals surface area (Å²) in [6, 6.07) is 7.98. The lowest BCUT2D eigenvalue weighted by molar-refractivity contribution is 0.0683. The second-order valence-corrected chi connectivity index (χ2v) is 6.30. The number of rotatable bonds is 3. The van der Waals surface area contributed by atoms with Crippen LogP contribution in [0.3, 0.4) is 0 Å². The van der Waals surface area contributed by atoms with Crippen LogP contribution in [0.4, 0.5) is 0 Å². The summed E-state index contributed by atoms with van der Waals surface area (Å²) < 4.78 is 2.10. The number of nitrogens with zero attached hydrogens (tertiary/aromatic N) is 3. The fourth-order valence-electron chi connectivity index (χ4n) is 3.08. The third kappa shape index (κ3) is 3.21. The van der Waals surface area contributed by atoms with Crippen LogP contribution in [0.25, 0.3) is 0 Å². The molecular formula is C18H23N3O. The largest absolute Gasteiger partial charge is 0.338 e. The number of hydrogen-bond donors (Lipinski definition) is 0. The molecule has 0 radical (unpaired) electrons. The number of piperidine rings is 1. The van der Waals surface area contributed by atoms with Gasteiger partial charge in [0.25, 0.3) is 5.91 Å². The first kappa shape index (κ1) is 14.8.